The Hall–Kier alpha value is -3.08. The average molecular weight is 306 g/mol. The predicted molar refractivity (Wildman–Crippen MR) is 87.8 cm³/mol. The van der Waals surface area contributed by atoms with Crippen molar-refractivity contribution in [1.82, 2.24) is 9.55 Å². The summed E-state index contributed by atoms with van der Waals surface area (Å²) in [6, 6.07) is 12.1. The van der Waals surface area contributed by atoms with Crippen LogP contribution in [0.1, 0.15) is 5.56 Å². The van der Waals surface area contributed by atoms with Gasteiger partial charge in [-0.25, -0.2) is 4.39 Å². The molecule has 4 nitrogen and oxygen atoms in total. The van der Waals surface area contributed by atoms with Crippen molar-refractivity contribution in [2.24, 2.45) is 0 Å². The number of nitrogens with zero attached hydrogens (tertiary/aromatic N) is 2. The van der Waals surface area contributed by atoms with Crippen LogP contribution in [0.15, 0.2) is 54.9 Å². The van der Waals surface area contributed by atoms with Gasteiger partial charge in [-0.3, -0.25) is 20.4 Å². The van der Waals surface area contributed by atoms with E-state index < -0.39 is 0 Å². The molecular weight excluding hydrogens is 291 g/mol. The highest BCUT2D eigenvalue weighted by atomic mass is 19.1. The van der Waals surface area contributed by atoms with E-state index in [9.17, 15) is 4.39 Å². The molecule has 3 rings (SSSR count). The van der Waals surface area contributed by atoms with Crippen molar-refractivity contribution in [3.63, 3.8) is 0 Å². The van der Waals surface area contributed by atoms with Crippen LogP contribution in [-0.4, -0.2) is 15.9 Å². The molecule has 0 saturated carbocycles. The number of hydrogen-bond acceptors (Lipinski definition) is 3. The molecule has 0 aliphatic heterocycles. The van der Waals surface area contributed by atoms with Crippen molar-refractivity contribution >= 4 is 6.34 Å². The molecule has 0 fully saturated rings. The van der Waals surface area contributed by atoms with E-state index in [2.05, 4.69) is 4.98 Å². The van der Waals surface area contributed by atoms with E-state index in [1.54, 1.807) is 37.5 Å². The lowest BCUT2D eigenvalue weighted by Gasteiger charge is -2.11. The third-order valence-electron chi connectivity index (χ3n) is 3.67. The largest absolute Gasteiger partial charge is 0.292 e. The fraction of sp³-hybridized carbons (Fsp3) is 0.0556. The van der Waals surface area contributed by atoms with Crippen molar-refractivity contribution in [2.75, 3.05) is 0 Å². The van der Waals surface area contributed by atoms with Crippen LogP contribution >= 0.6 is 0 Å². The van der Waals surface area contributed by atoms with Crippen molar-refractivity contribution < 1.29 is 4.39 Å². The molecule has 0 spiro atoms. The highest BCUT2D eigenvalue weighted by Gasteiger charge is 2.10. The second-order valence-corrected chi connectivity index (χ2v) is 5.20. The maximum atomic E-state index is 13.5. The van der Waals surface area contributed by atoms with Crippen LogP contribution in [0.5, 0.6) is 0 Å². The van der Waals surface area contributed by atoms with Crippen LogP contribution in [0.2, 0.25) is 0 Å². The number of rotatable bonds is 3. The third kappa shape index (κ3) is 2.81. The number of hydrogen-bond donors (Lipinski definition) is 2. The van der Waals surface area contributed by atoms with Crippen molar-refractivity contribution in [2.45, 2.75) is 6.92 Å². The number of aromatic nitrogens is 2. The zero-order valence-corrected chi connectivity index (χ0v) is 12.5. The minimum absolute atomic E-state index is 0.229. The Bertz CT molecular complexity index is 944. The maximum absolute atomic E-state index is 13.5. The Labute approximate surface area is 132 Å². The molecule has 0 atom stereocenters. The van der Waals surface area contributed by atoms with E-state index in [1.165, 1.54) is 10.6 Å². The Kier molecular flexibility index (Phi) is 3.85. The van der Waals surface area contributed by atoms with Crippen LogP contribution in [0.25, 0.3) is 22.4 Å². The fourth-order valence-electron chi connectivity index (χ4n) is 2.44. The zero-order valence-electron chi connectivity index (χ0n) is 12.5. The molecule has 3 aromatic rings. The smallest absolute Gasteiger partial charge is 0.130 e. The molecule has 2 heterocycles. The summed E-state index contributed by atoms with van der Waals surface area (Å²) < 4.78 is 14.9. The Morgan fingerprint density at radius 2 is 1.91 bits per heavy atom. The van der Waals surface area contributed by atoms with Gasteiger partial charge in [0.25, 0.3) is 0 Å². The number of nitrogens with one attached hydrogen (secondary N) is 2. The molecule has 0 aliphatic rings. The average Bonchev–Trinajstić information content (AvgIpc) is 2.58. The zero-order chi connectivity index (χ0) is 16.4. The summed E-state index contributed by atoms with van der Waals surface area (Å²) in [7, 11) is 0. The van der Waals surface area contributed by atoms with Gasteiger partial charge < -0.3 is 0 Å². The summed E-state index contributed by atoms with van der Waals surface area (Å²) in [6.07, 6.45) is 4.50. The molecule has 2 N–H and O–H groups in total. The van der Waals surface area contributed by atoms with Gasteiger partial charge in [0.15, 0.2) is 0 Å². The van der Waals surface area contributed by atoms with Crippen LogP contribution in [0.4, 0.5) is 4.39 Å². The second kappa shape index (κ2) is 5.96. The van der Waals surface area contributed by atoms with Crippen molar-refractivity contribution in [3.05, 3.63) is 71.7 Å². The summed E-state index contributed by atoms with van der Waals surface area (Å²) in [5.74, 6) is -0.244. The summed E-state index contributed by atoms with van der Waals surface area (Å²) in [5.41, 5.74) is 4.08. The third-order valence-corrected chi connectivity index (χ3v) is 3.67. The van der Waals surface area contributed by atoms with Gasteiger partial charge in [-0.05, 0) is 48.9 Å². The van der Waals surface area contributed by atoms with E-state index in [0.717, 1.165) is 28.7 Å². The van der Waals surface area contributed by atoms with Gasteiger partial charge in [0.1, 0.15) is 11.3 Å². The van der Waals surface area contributed by atoms with Crippen LogP contribution in [-0.2, 0) is 0 Å². The SMILES string of the molecule is Cc1cc(-c2ncccc2-c2ccc(=N)n(C=N)c2)ccc1F. The summed E-state index contributed by atoms with van der Waals surface area (Å²) in [6.45, 7) is 1.72. The van der Waals surface area contributed by atoms with Crippen LogP contribution < -0.4 is 5.49 Å². The molecule has 0 aliphatic carbocycles. The molecule has 1 aromatic carbocycles. The highest BCUT2D eigenvalue weighted by molar-refractivity contribution is 5.80. The molecule has 0 saturated heterocycles. The first kappa shape index (κ1) is 14.8. The summed E-state index contributed by atoms with van der Waals surface area (Å²) in [4.78, 5) is 4.44. The first-order chi connectivity index (χ1) is 11.1. The van der Waals surface area contributed by atoms with E-state index in [0.29, 0.717) is 5.56 Å². The second-order valence-electron chi connectivity index (χ2n) is 5.20. The minimum Gasteiger partial charge on any atom is -0.292 e. The number of halogens is 1. The van der Waals surface area contributed by atoms with Gasteiger partial charge in [0, 0.05) is 29.1 Å². The standard InChI is InChI=1S/C18H15FN4/c1-12-9-13(4-6-16(12)19)18-15(3-2-8-22-18)14-5-7-17(21)23(10-14)11-20/h2-11,20-21H,1H3. The molecule has 114 valence electrons. The first-order valence-electron chi connectivity index (χ1n) is 7.09. The van der Waals surface area contributed by atoms with Gasteiger partial charge in [0.05, 0.1) is 12.0 Å². The van der Waals surface area contributed by atoms with E-state index in [-0.39, 0.29) is 11.3 Å². The Balaban J connectivity index is 2.20. The topological polar surface area (TPSA) is 65.5 Å². The minimum atomic E-state index is -0.244. The summed E-state index contributed by atoms with van der Waals surface area (Å²) >= 11 is 0. The molecule has 23 heavy (non-hydrogen) atoms. The molecule has 0 bridgehead atoms. The normalized spacial score (nSPS) is 10.5. The van der Waals surface area contributed by atoms with Gasteiger partial charge >= 0.3 is 0 Å². The lowest BCUT2D eigenvalue weighted by molar-refractivity contribution is 0.619. The van der Waals surface area contributed by atoms with Crippen molar-refractivity contribution in [3.8, 4) is 22.4 Å². The van der Waals surface area contributed by atoms with Crippen LogP contribution in [0, 0.1) is 23.6 Å². The Morgan fingerprint density at radius 3 is 2.65 bits per heavy atom. The molecule has 0 radical (unpaired) electrons. The van der Waals surface area contributed by atoms with E-state index in [4.69, 9.17) is 10.8 Å². The number of aryl methyl sites for hydroxylation is 1. The van der Waals surface area contributed by atoms with Gasteiger partial charge in [0.2, 0.25) is 0 Å². The Morgan fingerprint density at radius 1 is 1.13 bits per heavy atom. The van der Waals surface area contributed by atoms with Crippen LogP contribution in [0.3, 0.4) is 0 Å². The predicted octanol–water partition coefficient (Wildman–Crippen LogP) is 3.60. The molecule has 2 aromatic heterocycles. The quantitative estimate of drug-likeness (QED) is 0.563. The van der Waals surface area contributed by atoms with Gasteiger partial charge in [-0.15, -0.1) is 0 Å². The monoisotopic (exact) mass is 306 g/mol. The van der Waals surface area contributed by atoms with Crippen molar-refractivity contribution in [1.29, 1.82) is 10.8 Å². The van der Waals surface area contributed by atoms with Gasteiger partial charge in [-0.1, -0.05) is 6.07 Å². The lowest BCUT2D eigenvalue weighted by Crippen LogP contribution is -2.17. The molecular formula is C18H15FN4. The van der Waals surface area contributed by atoms with Gasteiger partial charge in [-0.2, -0.15) is 0 Å². The molecule has 0 amide bonds. The summed E-state index contributed by atoms with van der Waals surface area (Å²) in [5, 5.41) is 15.1. The lowest BCUT2D eigenvalue weighted by atomic mass is 9.99. The molecule has 0 unspecified atom stereocenters. The fourth-order valence-corrected chi connectivity index (χ4v) is 2.44. The number of benzene rings is 1. The van der Waals surface area contributed by atoms with E-state index in [1.807, 2.05) is 18.2 Å². The maximum Gasteiger partial charge on any atom is 0.130 e. The van der Waals surface area contributed by atoms with E-state index >= 15 is 0 Å². The highest BCUT2D eigenvalue weighted by Crippen LogP contribution is 2.30. The molecule has 5 heteroatoms. The first-order valence-corrected chi connectivity index (χ1v) is 7.09. The number of pyridine rings is 2.